The van der Waals surface area contributed by atoms with Gasteiger partial charge in [-0.2, -0.15) is 13.2 Å². The Bertz CT molecular complexity index is 447. The molecule has 112 valence electrons. The number of hydrogen-bond acceptors (Lipinski definition) is 2. The highest BCUT2D eigenvalue weighted by Gasteiger charge is 2.61. The summed E-state index contributed by atoms with van der Waals surface area (Å²) < 4.78 is 52.0. The van der Waals surface area contributed by atoms with Gasteiger partial charge >= 0.3 is 6.18 Å². The molecule has 0 fully saturated rings. The Morgan fingerprint density at radius 3 is 2.25 bits per heavy atom. The number of amides is 1. The molecule has 0 heterocycles. The zero-order valence-electron chi connectivity index (χ0n) is 10.7. The molecule has 0 aliphatic rings. The summed E-state index contributed by atoms with van der Waals surface area (Å²) in [6.45, 7) is 0.770. The lowest BCUT2D eigenvalue weighted by Crippen LogP contribution is -2.54. The number of hydrogen-bond donors (Lipinski definition) is 2. The summed E-state index contributed by atoms with van der Waals surface area (Å²) in [5.41, 5.74) is -3.56. The Morgan fingerprint density at radius 2 is 1.80 bits per heavy atom. The van der Waals surface area contributed by atoms with E-state index in [2.05, 4.69) is 0 Å². The van der Waals surface area contributed by atoms with Crippen molar-refractivity contribution in [2.45, 2.75) is 37.8 Å². The fourth-order valence-electron chi connectivity index (χ4n) is 1.66. The predicted octanol–water partition coefficient (Wildman–Crippen LogP) is 2.34. The third kappa shape index (κ3) is 3.93. The third-order valence-electron chi connectivity index (χ3n) is 2.68. The number of alkyl halides is 4. The van der Waals surface area contributed by atoms with Crippen molar-refractivity contribution < 1.29 is 27.5 Å². The molecule has 1 amide bonds. The maximum Gasteiger partial charge on any atom is 0.431 e. The summed E-state index contributed by atoms with van der Waals surface area (Å²) in [6, 6.07) is 8.16. The molecule has 7 heteroatoms. The Labute approximate surface area is 113 Å². The lowest BCUT2D eigenvalue weighted by molar-refractivity contribution is -0.233. The molecular weight excluding hydrogens is 278 g/mol. The topological polar surface area (TPSA) is 49.3 Å². The highest BCUT2D eigenvalue weighted by molar-refractivity contribution is 5.86. The standard InChI is InChI=1S/C13H15F4NO2/c1-9(19)7-12(14,13(15,16)17)11(20)18-8-10-5-3-2-4-6-10/h2-6,9,19H,7-8H2,1H3,(H,18,20)/t9-,12+/m0/s1. The maximum absolute atomic E-state index is 13.9. The Morgan fingerprint density at radius 1 is 1.25 bits per heavy atom. The number of halogens is 4. The molecule has 0 saturated carbocycles. The zero-order chi connectivity index (χ0) is 15.4. The smallest absolute Gasteiger partial charge is 0.393 e. The third-order valence-corrected chi connectivity index (χ3v) is 2.68. The van der Waals surface area contributed by atoms with Crippen LogP contribution in [0.15, 0.2) is 30.3 Å². The van der Waals surface area contributed by atoms with Gasteiger partial charge in [-0.25, -0.2) is 4.39 Å². The second-order valence-corrected chi connectivity index (χ2v) is 4.52. The van der Waals surface area contributed by atoms with Gasteiger partial charge in [0.05, 0.1) is 6.10 Å². The number of aliphatic hydroxyl groups is 1. The van der Waals surface area contributed by atoms with Gasteiger partial charge in [0, 0.05) is 13.0 Å². The molecule has 1 rings (SSSR count). The maximum atomic E-state index is 13.9. The van der Waals surface area contributed by atoms with Crippen molar-refractivity contribution in [3.8, 4) is 0 Å². The van der Waals surface area contributed by atoms with Crippen molar-refractivity contribution in [2.75, 3.05) is 0 Å². The highest BCUT2D eigenvalue weighted by Crippen LogP contribution is 2.38. The van der Waals surface area contributed by atoms with Gasteiger partial charge in [0.2, 0.25) is 0 Å². The van der Waals surface area contributed by atoms with E-state index in [1.54, 1.807) is 30.3 Å². The lowest BCUT2D eigenvalue weighted by Gasteiger charge is -2.27. The Kier molecular flexibility index (Phi) is 5.10. The van der Waals surface area contributed by atoms with Gasteiger partial charge in [-0.15, -0.1) is 0 Å². The van der Waals surface area contributed by atoms with Crippen LogP contribution in [0.2, 0.25) is 0 Å². The van der Waals surface area contributed by atoms with Crippen LogP contribution in [0.3, 0.4) is 0 Å². The summed E-state index contributed by atoms with van der Waals surface area (Å²) in [7, 11) is 0. The first-order valence-corrected chi connectivity index (χ1v) is 5.93. The van der Waals surface area contributed by atoms with E-state index in [-0.39, 0.29) is 6.54 Å². The van der Waals surface area contributed by atoms with Crippen LogP contribution in [-0.2, 0) is 11.3 Å². The number of rotatable bonds is 5. The van der Waals surface area contributed by atoms with Crippen LogP contribution >= 0.6 is 0 Å². The normalized spacial score (nSPS) is 16.3. The molecule has 0 spiro atoms. The van der Waals surface area contributed by atoms with Crippen molar-refractivity contribution >= 4 is 5.91 Å². The Balaban J connectivity index is 2.79. The molecule has 0 aliphatic carbocycles. The van der Waals surface area contributed by atoms with Crippen LogP contribution in [0.5, 0.6) is 0 Å². The van der Waals surface area contributed by atoms with Crippen molar-refractivity contribution in [1.29, 1.82) is 0 Å². The predicted molar refractivity (Wildman–Crippen MR) is 64.5 cm³/mol. The molecule has 20 heavy (non-hydrogen) atoms. The van der Waals surface area contributed by atoms with E-state index >= 15 is 0 Å². The number of nitrogens with one attached hydrogen (secondary N) is 1. The van der Waals surface area contributed by atoms with E-state index in [0.717, 1.165) is 6.92 Å². The van der Waals surface area contributed by atoms with Crippen molar-refractivity contribution in [1.82, 2.24) is 5.32 Å². The van der Waals surface area contributed by atoms with Gasteiger partial charge in [-0.1, -0.05) is 30.3 Å². The fraction of sp³-hybridized carbons (Fsp3) is 0.462. The summed E-state index contributed by atoms with van der Waals surface area (Å²) in [5, 5.41) is 10.9. The van der Waals surface area contributed by atoms with Gasteiger partial charge in [-0.05, 0) is 12.5 Å². The van der Waals surface area contributed by atoms with E-state index < -0.39 is 30.3 Å². The molecule has 1 aromatic rings. The molecule has 1 aromatic carbocycles. The summed E-state index contributed by atoms with van der Waals surface area (Å²) in [6.07, 6.45) is -8.31. The zero-order valence-corrected chi connectivity index (χ0v) is 10.7. The molecule has 3 nitrogen and oxygen atoms in total. The lowest BCUT2D eigenvalue weighted by atomic mass is 9.96. The van der Waals surface area contributed by atoms with Crippen LogP contribution in [0.25, 0.3) is 0 Å². The molecule has 0 aliphatic heterocycles. The molecule has 2 N–H and O–H groups in total. The van der Waals surface area contributed by atoms with Crippen LogP contribution < -0.4 is 5.32 Å². The minimum Gasteiger partial charge on any atom is -0.393 e. The molecular formula is C13H15F4NO2. The fourth-order valence-corrected chi connectivity index (χ4v) is 1.66. The van der Waals surface area contributed by atoms with Gasteiger partial charge in [0.1, 0.15) is 0 Å². The average molecular weight is 293 g/mol. The summed E-state index contributed by atoms with van der Waals surface area (Å²) in [4.78, 5) is 11.5. The number of benzene rings is 1. The van der Waals surface area contributed by atoms with Gasteiger partial charge < -0.3 is 10.4 Å². The first-order chi connectivity index (χ1) is 9.17. The minimum absolute atomic E-state index is 0.221. The van der Waals surface area contributed by atoms with Crippen LogP contribution in [-0.4, -0.2) is 29.0 Å². The quantitative estimate of drug-likeness (QED) is 0.819. The van der Waals surface area contributed by atoms with E-state index in [1.165, 1.54) is 0 Å². The van der Waals surface area contributed by atoms with Crippen molar-refractivity contribution in [3.05, 3.63) is 35.9 Å². The van der Waals surface area contributed by atoms with Crippen molar-refractivity contribution in [2.24, 2.45) is 0 Å². The molecule has 0 unspecified atom stereocenters. The molecule has 2 atom stereocenters. The minimum atomic E-state index is -5.38. The SMILES string of the molecule is C[C@H](O)C[C@@](F)(C(=O)NCc1ccccc1)C(F)(F)F. The van der Waals surface area contributed by atoms with Crippen molar-refractivity contribution in [3.63, 3.8) is 0 Å². The molecule has 0 bridgehead atoms. The first-order valence-electron chi connectivity index (χ1n) is 5.93. The largest absolute Gasteiger partial charge is 0.431 e. The van der Waals surface area contributed by atoms with Gasteiger partial charge in [0.15, 0.2) is 0 Å². The number of carbonyl (C=O) groups excluding carboxylic acids is 1. The molecule has 0 radical (unpaired) electrons. The summed E-state index contributed by atoms with van der Waals surface area (Å²) >= 11 is 0. The number of carbonyl (C=O) groups is 1. The van der Waals surface area contributed by atoms with E-state index in [4.69, 9.17) is 5.11 Å². The first kappa shape index (κ1) is 16.4. The Hall–Kier alpha value is -1.63. The monoisotopic (exact) mass is 293 g/mol. The van der Waals surface area contributed by atoms with Crippen LogP contribution in [0.1, 0.15) is 18.9 Å². The van der Waals surface area contributed by atoms with E-state index in [9.17, 15) is 22.4 Å². The molecule has 0 aromatic heterocycles. The number of aliphatic hydroxyl groups excluding tert-OH is 1. The average Bonchev–Trinajstić information content (AvgIpc) is 2.35. The summed E-state index contributed by atoms with van der Waals surface area (Å²) in [5.74, 6) is -1.80. The van der Waals surface area contributed by atoms with E-state index in [1.807, 2.05) is 5.32 Å². The van der Waals surface area contributed by atoms with Crippen LogP contribution in [0, 0.1) is 0 Å². The van der Waals surface area contributed by atoms with Gasteiger partial charge in [-0.3, -0.25) is 4.79 Å². The van der Waals surface area contributed by atoms with Gasteiger partial charge in [0.25, 0.3) is 11.6 Å². The van der Waals surface area contributed by atoms with Crippen LogP contribution in [0.4, 0.5) is 17.6 Å². The highest BCUT2D eigenvalue weighted by atomic mass is 19.4. The molecule has 0 saturated heterocycles. The van der Waals surface area contributed by atoms with E-state index in [0.29, 0.717) is 5.56 Å². The second kappa shape index (κ2) is 6.21. The second-order valence-electron chi connectivity index (χ2n) is 4.52.